The molecule has 0 radical (unpaired) electrons. The number of methoxy groups -OCH3 is 1. The number of ether oxygens (including phenoxy) is 1. The Bertz CT molecular complexity index is 480. The number of rotatable bonds is 4. The Hall–Kier alpha value is -1.92. The van der Waals surface area contributed by atoms with Gasteiger partial charge < -0.3 is 4.74 Å². The zero-order valence-electron chi connectivity index (χ0n) is 9.18. The lowest BCUT2D eigenvalue weighted by atomic mass is 10.1. The largest absolute Gasteiger partial charge is 0.494 e. The fraction of sp³-hybridized carbons (Fsp3) is 0.273. The van der Waals surface area contributed by atoms with Crippen molar-refractivity contribution in [1.29, 1.82) is 0 Å². The smallest absolute Gasteiger partial charge is 0.450 e. The predicted molar refractivity (Wildman–Crippen MR) is 53.0 cm³/mol. The summed E-state index contributed by atoms with van der Waals surface area (Å²) < 4.78 is 53.6. The summed E-state index contributed by atoms with van der Waals surface area (Å²) >= 11 is 0. The lowest BCUT2D eigenvalue weighted by Gasteiger charge is -2.06. The maximum Gasteiger partial charge on any atom is 0.450 e. The van der Waals surface area contributed by atoms with Crippen molar-refractivity contribution in [3.63, 3.8) is 0 Å². The first-order chi connectivity index (χ1) is 8.25. The molecular formula is C11H8F4O3. The van der Waals surface area contributed by atoms with E-state index in [0.717, 1.165) is 18.2 Å². The standard InChI is InChI=1S/C11H8F4O3/c1-18-9-3-2-6(4-7(9)12)8(16)5-10(17)11(13,14)15/h2-4H,5H2,1H3. The first kappa shape index (κ1) is 14.1. The van der Waals surface area contributed by atoms with Gasteiger partial charge in [0.2, 0.25) is 5.78 Å². The molecule has 0 amide bonds. The van der Waals surface area contributed by atoms with Gasteiger partial charge in [0.1, 0.15) is 0 Å². The molecule has 1 rings (SSSR count). The van der Waals surface area contributed by atoms with E-state index in [1.165, 1.54) is 7.11 Å². The molecule has 98 valence electrons. The molecule has 1 aromatic rings. The van der Waals surface area contributed by atoms with Crippen LogP contribution in [0.1, 0.15) is 16.8 Å². The summed E-state index contributed by atoms with van der Waals surface area (Å²) in [5.41, 5.74) is -0.314. The van der Waals surface area contributed by atoms with Crippen LogP contribution in [0.15, 0.2) is 18.2 Å². The van der Waals surface area contributed by atoms with Crippen LogP contribution < -0.4 is 4.74 Å². The minimum absolute atomic E-state index is 0.145. The van der Waals surface area contributed by atoms with Crippen LogP contribution in [0.5, 0.6) is 5.75 Å². The molecule has 0 aromatic heterocycles. The molecule has 0 aliphatic rings. The van der Waals surface area contributed by atoms with Gasteiger partial charge in [-0.1, -0.05) is 0 Å². The molecule has 0 aliphatic heterocycles. The van der Waals surface area contributed by atoms with E-state index in [2.05, 4.69) is 4.74 Å². The quantitative estimate of drug-likeness (QED) is 0.477. The summed E-state index contributed by atoms with van der Waals surface area (Å²) in [5.74, 6) is -4.29. The molecule has 18 heavy (non-hydrogen) atoms. The highest BCUT2D eigenvalue weighted by Gasteiger charge is 2.39. The molecular weight excluding hydrogens is 256 g/mol. The average Bonchev–Trinajstić information content (AvgIpc) is 2.27. The van der Waals surface area contributed by atoms with Crippen molar-refractivity contribution in [2.75, 3.05) is 7.11 Å². The highest BCUT2D eigenvalue weighted by Crippen LogP contribution is 2.21. The fourth-order valence-corrected chi connectivity index (χ4v) is 1.19. The summed E-state index contributed by atoms with van der Waals surface area (Å²) in [6.07, 6.45) is -6.41. The molecule has 0 spiro atoms. The Morgan fingerprint density at radius 3 is 2.33 bits per heavy atom. The van der Waals surface area contributed by atoms with E-state index < -0.39 is 30.0 Å². The lowest BCUT2D eigenvalue weighted by molar-refractivity contribution is -0.170. The Balaban J connectivity index is 2.86. The predicted octanol–water partition coefficient (Wildman–Crippen LogP) is 2.54. The Labute approximate surface area is 99.4 Å². The van der Waals surface area contributed by atoms with E-state index in [4.69, 9.17) is 0 Å². The maximum atomic E-state index is 13.2. The fourth-order valence-electron chi connectivity index (χ4n) is 1.19. The van der Waals surface area contributed by atoms with Gasteiger partial charge in [0.05, 0.1) is 13.5 Å². The minimum atomic E-state index is -5.07. The maximum absolute atomic E-state index is 13.2. The number of alkyl halides is 3. The van der Waals surface area contributed by atoms with Crippen molar-refractivity contribution in [3.8, 4) is 5.75 Å². The molecule has 0 aliphatic carbocycles. The van der Waals surface area contributed by atoms with Gasteiger partial charge in [0.25, 0.3) is 0 Å². The number of benzene rings is 1. The number of Topliss-reactive ketones (excluding diaryl/α,β-unsaturated/α-hetero) is 2. The summed E-state index contributed by atoms with van der Waals surface area (Å²) in [6, 6.07) is 2.92. The second-order valence-corrected chi connectivity index (χ2v) is 3.37. The number of hydrogen-bond acceptors (Lipinski definition) is 3. The summed E-state index contributed by atoms with van der Waals surface area (Å²) in [6.45, 7) is 0. The minimum Gasteiger partial charge on any atom is -0.494 e. The average molecular weight is 264 g/mol. The molecule has 7 heteroatoms. The zero-order chi connectivity index (χ0) is 13.9. The van der Waals surface area contributed by atoms with Gasteiger partial charge in [-0.25, -0.2) is 4.39 Å². The van der Waals surface area contributed by atoms with Crippen LogP contribution in [0.25, 0.3) is 0 Å². The van der Waals surface area contributed by atoms with Gasteiger partial charge in [-0.3, -0.25) is 9.59 Å². The van der Waals surface area contributed by atoms with E-state index in [-0.39, 0.29) is 11.3 Å². The van der Waals surface area contributed by atoms with Gasteiger partial charge in [-0.2, -0.15) is 13.2 Å². The van der Waals surface area contributed by atoms with E-state index >= 15 is 0 Å². The van der Waals surface area contributed by atoms with Crippen LogP contribution in [0.4, 0.5) is 17.6 Å². The highest BCUT2D eigenvalue weighted by molar-refractivity contribution is 6.09. The number of halogens is 4. The van der Waals surface area contributed by atoms with Crippen LogP contribution in [0.2, 0.25) is 0 Å². The van der Waals surface area contributed by atoms with E-state index in [9.17, 15) is 27.2 Å². The summed E-state index contributed by atoms with van der Waals surface area (Å²) in [7, 11) is 1.20. The Morgan fingerprint density at radius 1 is 1.28 bits per heavy atom. The van der Waals surface area contributed by atoms with Crippen molar-refractivity contribution in [1.82, 2.24) is 0 Å². The lowest BCUT2D eigenvalue weighted by Crippen LogP contribution is -2.25. The third kappa shape index (κ3) is 3.28. The normalized spacial score (nSPS) is 11.2. The molecule has 0 atom stereocenters. The summed E-state index contributed by atoms with van der Waals surface area (Å²) in [5, 5.41) is 0. The van der Waals surface area contributed by atoms with Crippen LogP contribution in [0.3, 0.4) is 0 Å². The van der Waals surface area contributed by atoms with Gasteiger partial charge >= 0.3 is 6.18 Å². The van der Waals surface area contributed by atoms with E-state index in [1.807, 2.05) is 0 Å². The van der Waals surface area contributed by atoms with E-state index in [1.54, 1.807) is 0 Å². The topological polar surface area (TPSA) is 43.4 Å². The van der Waals surface area contributed by atoms with Crippen LogP contribution in [-0.2, 0) is 4.79 Å². The highest BCUT2D eigenvalue weighted by atomic mass is 19.4. The van der Waals surface area contributed by atoms with Crippen molar-refractivity contribution in [3.05, 3.63) is 29.6 Å². The van der Waals surface area contributed by atoms with Crippen LogP contribution in [-0.4, -0.2) is 24.9 Å². The SMILES string of the molecule is COc1ccc(C(=O)CC(=O)C(F)(F)F)cc1F. The second kappa shape index (κ2) is 5.16. The third-order valence-electron chi connectivity index (χ3n) is 2.11. The Morgan fingerprint density at radius 2 is 1.89 bits per heavy atom. The number of hydrogen-bond donors (Lipinski definition) is 0. The summed E-state index contributed by atoms with van der Waals surface area (Å²) in [4.78, 5) is 21.9. The first-order valence-electron chi connectivity index (χ1n) is 4.72. The molecule has 0 saturated carbocycles. The van der Waals surface area contributed by atoms with Gasteiger partial charge in [0, 0.05) is 5.56 Å². The zero-order valence-corrected chi connectivity index (χ0v) is 9.18. The molecule has 0 N–H and O–H groups in total. The van der Waals surface area contributed by atoms with Crippen LogP contribution >= 0.6 is 0 Å². The number of ketones is 2. The van der Waals surface area contributed by atoms with Crippen molar-refractivity contribution in [2.45, 2.75) is 12.6 Å². The molecule has 0 saturated heterocycles. The molecule has 0 unspecified atom stereocenters. The molecule has 1 aromatic carbocycles. The van der Waals surface area contributed by atoms with Crippen molar-refractivity contribution >= 4 is 11.6 Å². The monoisotopic (exact) mass is 264 g/mol. The molecule has 3 nitrogen and oxygen atoms in total. The Kier molecular flexibility index (Phi) is 4.05. The molecule has 0 heterocycles. The number of carbonyl (C=O) groups excluding carboxylic acids is 2. The van der Waals surface area contributed by atoms with Crippen molar-refractivity contribution in [2.24, 2.45) is 0 Å². The second-order valence-electron chi connectivity index (χ2n) is 3.37. The van der Waals surface area contributed by atoms with Crippen molar-refractivity contribution < 1.29 is 31.9 Å². The van der Waals surface area contributed by atoms with Gasteiger partial charge in [0.15, 0.2) is 17.3 Å². The van der Waals surface area contributed by atoms with Gasteiger partial charge in [-0.05, 0) is 18.2 Å². The van der Waals surface area contributed by atoms with Gasteiger partial charge in [-0.15, -0.1) is 0 Å². The third-order valence-corrected chi connectivity index (χ3v) is 2.11. The first-order valence-corrected chi connectivity index (χ1v) is 4.72. The van der Waals surface area contributed by atoms with E-state index in [0.29, 0.717) is 0 Å². The number of carbonyl (C=O) groups is 2. The molecule has 0 bridgehead atoms. The van der Waals surface area contributed by atoms with Crippen LogP contribution in [0, 0.1) is 5.82 Å². The molecule has 0 fully saturated rings.